The molecule has 1 aromatic carbocycles. The van der Waals surface area contributed by atoms with Crippen LogP contribution in [0.25, 0.3) is 5.57 Å². The summed E-state index contributed by atoms with van der Waals surface area (Å²) in [6.45, 7) is 6.68. The number of hydrogen-bond donors (Lipinski definition) is 0. The molecule has 1 aliphatic rings. The maximum atomic E-state index is 2.34. The summed E-state index contributed by atoms with van der Waals surface area (Å²) in [5, 5.41) is 0. The van der Waals surface area contributed by atoms with Gasteiger partial charge in [-0.05, 0) is 29.9 Å². The molecule has 0 amide bonds. The first kappa shape index (κ1) is 10.2. The Bertz CT molecular complexity index is 419. The van der Waals surface area contributed by atoms with Gasteiger partial charge in [0.05, 0.1) is 0 Å². The summed E-state index contributed by atoms with van der Waals surface area (Å²) in [6, 6.07) is 8.69. The maximum absolute atomic E-state index is 2.34. The van der Waals surface area contributed by atoms with E-state index in [0.29, 0.717) is 5.41 Å². The van der Waals surface area contributed by atoms with E-state index in [9.17, 15) is 0 Å². The first-order valence-corrected chi connectivity index (χ1v) is 5.53. The lowest BCUT2D eigenvalue weighted by Crippen LogP contribution is -2.08. The Morgan fingerprint density at radius 1 is 1.20 bits per heavy atom. The minimum absolute atomic E-state index is 0.327. The zero-order valence-corrected chi connectivity index (χ0v) is 9.75. The van der Waals surface area contributed by atoms with E-state index in [1.54, 1.807) is 0 Å². The van der Waals surface area contributed by atoms with Crippen LogP contribution in [0.3, 0.4) is 0 Å². The summed E-state index contributed by atoms with van der Waals surface area (Å²) >= 11 is 0. The molecule has 0 N–H and O–H groups in total. The molecule has 0 saturated carbocycles. The maximum Gasteiger partial charge on any atom is -0.0137 e. The minimum atomic E-state index is 0.327. The first-order chi connectivity index (χ1) is 7.07. The van der Waals surface area contributed by atoms with E-state index in [1.165, 1.54) is 16.7 Å². The molecule has 0 unspecified atom stereocenters. The molecular weight excluding hydrogens is 180 g/mol. The lowest BCUT2D eigenvalue weighted by Gasteiger charge is -2.22. The van der Waals surface area contributed by atoms with E-state index in [1.807, 2.05) is 0 Å². The minimum Gasteiger partial charge on any atom is -0.0779 e. The number of hydrogen-bond acceptors (Lipinski definition) is 0. The highest BCUT2D eigenvalue weighted by Gasteiger charge is 2.16. The Morgan fingerprint density at radius 2 is 2.00 bits per heavy atom. The zero-order chi connectivity index (χ0) is 10.9. The van der Waals surface area contributed by atoms with E-state index in [0.717, 1.165) is 6.42 Å². The number of rotatable bonds is 1. The summed E-state index contributed by atoms with van der Waals surface area (Å²) < 4.78 is 0. The molecule has 0 bridgehead atoms. The molecule has 1 aromatic rings. The van der Waals surface area contributed by atoms with Gasteiger partial charge >= 0.3 is 0 Å². The molecule has 0 heterocycles. The van der Waals surface area contributed by atoms with Crippen molar-refractivity contribution < 1.29 is 0 Å². The van der Waals surface area contributed by atoms with Crippen molar-refractivity contribution in [2.75, 3.05) is 0 Å². The number of benzene rings is 1. The Labute approximate surface area is 92.3 Å². The van der Waals surface area contributed by atoms with Gasteiger partial charge in [0.15, 0.2) is 0 Å². The van der Waals surface area contributed by atoms with Crippen LogP contribution in [0.15, 0.2) is 42.5 Å². The molecule has 1 aliphatic carbocycles. The molecule has 0 atom stereocenters. The van der Waals surface area contributed by atoms with Crippen LogP contribution in [0.2, 0.25) is 0 Å². The van der Waals surface area contributed by atoms with Crippen molar-refractivity contribution in [1.29, 1.82) is 0 Å². The van der Waals surface area contributed by atoms with Gasteiger partial charge in [0.2, 0.25) is 0 Å². The number of aryl methyl sites for hydroxylation is 1. The van der Waals surface area contributed by atoms with Crippen LogP contribution in [-0.4, -0.2) is 0 Å². The summed E-state index contributed by atoms with van der Waals surface area (Å²) in [4.78, 5) is 0. The van der Waals surface area contributed by atoms with Gasteiger partial charge in [-0.15, -0.1) is 0 Å². The van der Waals surface area contributed by atoms with E-state index >= 15 is 0 Å². The highest BCUT2D eigenvalue weighted by Crippen LogP contribution is 2.32. The zero-order valence-electron chi connectivity index (χ0n) is 9.75. The molecule has 0 nitrogen and oxygen atoms in total. The van der Waals surface area contributed by atoms with E-state index in [-0.39, 0.29) is 0 Å². The average molecular weight is 198 g/mol. The third-order valence-electron chi connectivity index (χ3n) is 2.91. The summed E-state index contributed by atoms with van der Waals surface area (Å²) in [6.07, 6.45) is 8.03. The second-order valence-corrected chi connectivity index (χ2v) is 5.05. The fourth-order valence-electron chi connectivity index (χ4n) is 1.86. The molecule has 0 aliphatic heterocycles. The summed E-state index contributed by atoms with van der Waals surface area (Å²) in [5.74, 6) is 0. The molecule has 0 spiro atoms. The third-order valence-corrected chi connectivity index (χ3v) is 2.91. The molecule has 0 heteroatoms. The van der Waals surface area contributed by atoms with E-state index < -0.39 is 0 Å². The highest BCUT2D eigenvalue weighted by molar-refractivity contribution is 5.75. The van der Waals surface area contributed by atoms with Gasteiger partial charge in [0.1, 0.15) is 0 Å². The van der Waals surface area contributed by atoms with Gasteiger partial charge in [-0.25, -0.2) is 0 Å². The predicted octanol–water partition coefficient (Wildman–Crippen LogP) is 4.36. The van der Waals surface area contributed by atoms with Crippen LogP contribution in [0.5, 0.6) is 0 Å². The Balaban J connectivity index is 2.28. The largest absolute Gasteiger partial charge is 0.0779 e. The Morgan fingerprint density at radius 3 is 2.60 bits per heavy atom. The van der Waals surface area contributed by atoms with Crippen molar-refractivity contribution in [3.8, 4) is 0 Å². The van der Waals surface area contributed by atoms with Gasteiger partial charge in [-0.1, -0.05) is 61.9 Å². The normalized spacial score (nSPS) is 18.7. The Kier molecular flexibility index (Phi) is 2.52. The van der Waals surface area contributed by atoms with Gasteiger partial charge < -0.3 is 0 Å². The monoisotopic (exact) mass is 198 g/mol. The van der Waals surface area contributed by atoms with Gasteiger partial charge in [-0.3, -0.25) is 0 Å². The first-order valence-electron chi connectivity index (χ1n) is 5.53. The van der Waals surface area contributed by atoms with Crippen LogP contribution < -0.4 is 0 Å². The lowest BCUT2D eigenvalue weighted by atomic mass is 9.83. The van der Waals surface area contributed by atoms with Crippen molar-refractivity contribution in [2.24, 2.45) is 5.41 Å². The van der Waals surface area contributed by atoms with Gasteiger partial charge in [-0.2, -0.15) is 0 Å². The van der Waals surface area contributed by atoms with Crippen LogP contribution in [0.1, 0.15) is 31.4 Å². The van der Waals surface area contributed by atoms with Crippen LogP contribution >= 0.6 is 0 Å². The van der Waals surface area contributed by atoms with Crippen molar-refractivity contribution in [2.45, 2.75) is 27.2 Å². The van der Waals surface area contributed by atoms with Crippen molar-refractivity contribution >= 4 is 5.57 Å². The standard InChI is InChI=1S/C15H18/c1-12-5-4-6-14(11-12)13-7-9-15(2,3)10-8-13/h4-9,11H,10H2,1-3H3. The molecular formula is C15H18. The molecule has 2 rings (SSSR count). The molecule has 0 saturated heterocycles. The molecule has 0 fully saturated rings. The van der Waals surface area contributed by atoms with Crippen molar-refractivity contribution in [3.05, 3.63) is 53.6 Å². The van der Waals surface area contributed by atoms with E-state index in [2.05, 4.69) is 63.3 Å². The molecule has 0 radical (unpaired) electrons. The third kappa shape index (κ3) is 2.38. The average Bonchev–Trinajstić information content (AvgIpc) is 2.17. The predicted molar refractivity (Wildman–Crippen MR) is 66.7 cm³/mol. The van der Waals surface area contributed by atoms with Crippen molar-refractivity contribution in [1.82, 2.24) is 0 Å². The second kappa shape index (κ2) is 3.69. The molecule has 0 aromatic heterocycles. The lowest BCUT2D eigenvalue weighted by molar-refractivity contribution is 0.485. The molecule has 78 valence electrons. The van der Waals surface area contributed by atoms with Crippen LogP contribution in [-0.2, 0) is 0 Å². The fourth-order valence-corrected chi connectivity index (χ4v) is 1.86. The van der Waals surface area contributed by atoms with Crippen LogP contribution in [0, 0.1) is 12.3 Å². The highest BCUT2D eigenvalue weighted by atomic mass is 14.2. The molecule has 15 heavy (non-hydrogen) atoms. The number of allylic oxidation sites excluding steroid dienone is 4. The SMILES string of the molecule is Cc1cccc(C2=CCC(C)(C)C=C2)c1. The second-order valence-electron chi connectivity index (χ2n) is 5.05. The topological polar surface area (TPSA) is 0 Å². The summed E-state index contributed by atoms with van der Waals surface area (Å²) in [7, 11) is 0. The summed E-state index contributed by atoms with van der Waals surface area (Å²) in [5.41, 5.74) is 4.35. The Hall–Kier alpha value is -1.30. The van der Waals surface area contributed by atoms with Gasteiger partial charge in [0, 0.05) is 0 Å². The quantitative estimate of drug-likeness (QED) is 0.628. The van der Waals surface area contributed by atoms with Crippen LogP contribution in [0.4, 0.5) is 0 Å². The van der Waals surface area contributed by atoms with Gasteiger partial charge in [0.25, 0.3) is 0 Å². The fraction of sp³-hybridized carbons (Fsp3) is 0.333. The van der Waals surface area contributed by atoms with E-state index in [4.69, 9.17) is 0 Å². The van der Waals surface area contributed by atoms with Crippen molar-refractivity contribution in [3.63, 3.8) is 0 Å². The smallest absolute Gasteiger partial charge is 0.0137 e.